The lowest BCUT2D eigenvalue weighted by Gasteiger charge is -2.32. The Hall–Kier alpha value is -1.09. The number of aryl methyl sites for hydroxylation is 2. The number of rotatable bonds is 4. The zero-order valence-electron chi connectivity index (χ0n) is 11.9. The summed E-state index contributed by atoms with van der Waals surface area (Å²) in [6.45, 7) is 10.1. The first kappa shape index (κ1) is 13.3. The first-order valence-electron chi connectivity index (χ1n) is 7.12. The topological polar surface area (TPSA) is 28.2 Å². The van der Waals surface area contributed by atoms with Crippen LogP contribution < -0.4 is 5.32 Å². The molecule has 0 spiro atoms. The Kier molecular flexibility index (Phi) is 4.59. The van der Waals surface area contributed by atoms with Gasteiger partial charge in [0, 0.05) is 24.8 Å². The van der Waals surface area contributed by atoms with Crippen molar-refractivity contribution in [1.29, 1.82) is 0 Å². The molecule has 100 valence electrons. The monoisotopic (exact) mass is 247 g/mol. The third-order valence-corrected chi connectivity index (χ3v) is 3.71. The molecule has 0 atom stereocenters. The summed E-state index contributed by atoms with van der Waals surface area (Å²) in [6, 6.07) is 4.86. The molecule has 0 unspecified atom stereocenters. The Morgan fingerprint density at radius 3 is 2.61 bits per heavy atom. The van der Waals surface area contributed by atoms with E-state index in [1.54, 1.807) is 0 Å². The summed E-state index contributed by atoms with van der Waals surface area (Å²) in [5, 5.41) is 3.65. The van der Waals surface area contributed by atoms with Crippen molar-refractivity contribution in [3.8, 4) is 0 Å². The van der Waals surface area contributed by atoms with Crippen molar-refractivity contribution in [3.63, 3.8) is 0 Å². The molecular weight excluding hydrogens is 222 g/mol. The second kappa shape index (κ2) is 6.19. The molecule has 1 aromatic rings. The quantitative estimate of drug-likeness (QED) is 0.886. The number of nitrogens with one attached hydrogen (secondary N) is 1. The average Bonchev–Trinajstić information content (AvgIpc) is 2.35. The molecule has 0 saturated carbocycles. The highest BCUT2D eigenvalue weighted by Crippen LogP contribution is 2.19. The van der Waals surface area contributed by atoms with Crippen molar-refractivity contribution in [1.82, 2.24) is 9.88 Å². The Bertz CT molecular complexity index is 381. The number of nitrogens with zero attached hydrogens (tertiary/aromatic N) is 2. The first-order valence-corrected chi connectivity index (χ1v) is 7.12. The molecule has 1 aliphatic heterocycles. The minimum Gasteiger partial charge on any atom is -0.381 e. The second-order valence-electron chi connectivity index (χ2n) is 5.35. The van der Waals surface area contributed by atoms with Crippen molar-refractivity contribution in [2.75, 3.05) is 25.0 Å². The van der Waals surface area contributed by atoms with E-state index >= 15 is 0 Å². The molecule has 0 aliphatic carbocycles. The fourth-order valence-electron chi connectivity index (χ4n) is 2.68. The summed E-state index contributed by atoms with van der Waals surface area (Å²) in [5.41, 5.74) is 3.41. The van der Waals surface area contributed by atoms with Gasteiger partial charge in [-0.25, -0.2) is 0 Å². The Morgan fingerprint density at radius 1 is 1.28 bits per heavy atom. The van der Waals surface area contributed by atoms with Crippen LogP contribution >= 0.6 is 0 Å². The van der Waals surface area contributed by atoms with Crippen LogP contribution in [0.5, 0.6) is 0 Å². The molecule has 1 aromatic heterocycles. The third kappa shape index (κ3) is 3.45. The number of aromatic nitrogens is 1. The van der Waals surface area contributed by atoms with Crippen LogP contribution in [0.3, 0.4) is 0 Å². The smallest absolute Gasteiger partial charge is 0.0606 e. The molecule has 1 aliphatic rings. The van der Waals surface area contributed by atoms with Gasteiger partial charge in [0.05, 0.1) is 11.4 Å². The highest BCUT2D eigenvalue weighted by molar-refractivity contribution is 5.48. The number of hydrogen-bond donors (Lipinski definition) is 1. The highest BCUT2D eigenvalue weighted by atomic mass is 15.1. The Morgan fingerprint density at radius 2 is 2.00 bits per heavy atom. The van der Waals surface area contributed by atoms with Crippen LogP contribution in [-0.4, -0.2) is 35.6 Å². The van der Waals surface area contributed by atoms with Crippen LogP contribution in [-0.2, 0) is 0 Å². The molecule has 0 amide bonds. The van der Waals surface area contributed by atoms with Gasteiger partial charge in [0.2, 0.25) is 0 Å². The number of anilines is 1. The van der Waals surface area contributed by atoms with E-state index in [4.69, 9.17) is 0 Å². The standard InChI is InChI=1S/C15H25N3/c1-4-9-18-10-7-14(8-11-18)17-15-6-5-12(2)16-13(15)3/h5-6,14,17H,4,7-11H2,1-3H3. The second-order valence-corrected chi connectivity index (χ2v) is 5.35. The molecule has 2 rings (SSSR count). The lowest BCUT2D eigenvalue weighted by atomic mass is 10.0. The highest BCUT2D eigenvalue weighted by Gasteiger charge is 2.18. The molecule has 0 aromatic carbocycles. The van der Waals surface area contributed by atoms with E-state index in [0.717, 1.165) is 11.4 Å². The van der Waals surface area contributed by atoms with Gasteiger partial charge in [0.1, 0.15) is 0 Å². The van der Waals surface area contributed by atoms with E-state index in [1.165, 1.54) is 44.6 Å². The van der Waals surface area contributed by atoms with Crippen LogP contribution in [0.1, 0.15) is 37.6 Å². The van der Waals surface area contributed by atoms with Crippen LogP contribution in [0.4, 0.5) is 5.69 Å². The van der Waals surface area contributed by atoms with E-state index in [2.05, 4.69) is 41.2 Å². The maximum absolute atomic E-state index is 4.51. The van der Waals surface area contributed by atoms with Gasteiger partial charge in [-0.05, 0) is 51.8 Å². The van der Waals surface area contributed by atoms with Gasteiger partial charge in [0.15, 0.2) is 0 Å². The summed E-state index contributed by atoms with van der Waals surface area (Å²) in [4.78, 5) is 7.08. The van der Waals surface area contributed by atoms with E-state index < -0.39 is 0 Å². The normalized spacial score (nSPS) is 17.9. The maximum atomic E-state index is 4.51. The molecule has 0 bridgehead atoms. The van der Waals surface area contributed by atoms with Gasteiger partial charge in [-0.3, -0.25) is 4.98 Å². The van der Waals surface area contributed by atoms with Gasteiger partial charge in [-0.1, -0.05) is 6.92 Å². The van der Waals surface area contributed by atoms with Crippen LogP contribution in [0.15, 0.2) is 12.1 Å². The lowest BCUT2D eigenvalue weighted by molar-refractivity contribution is 0.219. The van der Waals surface area contributed by atoms with Gasteiger partial charge < -0.3 is 10.2 Å². The van der Waals surface area contributed by atoms with Crippen molar-refractivity contribution in [2.45, 2.75) is 46.1 Å². The molecular formula is C15H25N3. The van der Waals surface area contributed by atoms with Crippen molar-refractivity contribution >= 4 is 5.69 Å². The fourth-order valence-corrected chi connectivity index (χ4v) is 2.68. The lowest BCUT2D eigenvalue weighted by Crippen LogP contribution is -2.39. The summed E-state index contributed by atoms with van der Waals surface area (Å²) < 4.78 is 0. The van der Waals surface area contributed by atoms with Crippen molar-refractivity contribution in [2.24, 2.45) is 0 Å². The zero-order chi connectivity index (χ0) is 13.0. The minimum absolute atomic E-state index is 0.612. The van der Waals surface area contributed by atoms with E-state index in [1.807, 2.05) is 6.92 Å². The first-order chi connectivity index (χ1) is 8.69. The summed E-state index contributed by atoms with van der Waals surface area (Å²) in [6.07, 6.45) is 3.75. The van der Waals surface area contributed by atoms with Crippen LogP contribution in [0, 0.1) is 13.8 Å². The van der Waals surface area contributed by atoms with Crippen molar-refractivity contribution < 1.29 is 0 Å². The largest absolute Gasteiger partial charge is 0.381 e. The molecule has 1 fully saturated rings. The predicted molar refractivity (Wildman–Crippen MR) is 77.1 cm³/mol. The molecule has 18 heavy (non-hydrogen) atoms. The molecule has 0 radical (unpaired) electrons. The van der Waals surface area contributed by atoms with Gasteiger partial charge in [-0.15, -0.1) is 0 Å². The fraction of sp³-hybridized carbons (Fsp3) is 0.667. The average molecular weight is 247 g/mol. The molecule has 3 nitrogen and oxygen atoms in total. The summed E-state index contributed by atoms with van der Waals surface area (Å²) in [5.74, 6) is 0. The molecule has 3 heteroatoms. The minimum atomic E-state index is 0.612. The summed E-state index contributed by atoms with van der Waals surface area (Å²) >= 11 is 0. The van der Waals surface area contributed by atoms with E-state index in [9.17, 15) is 0 Å². The maximum Gasteiger partial charge on any atom is 0.0606 e. The number of likely N-dealkylation sites (tertiary alicyclic amines) is 1. The number of hydrogen-bond acceptors (Lipinski definition) is 3. The molecule has 1 saturated heterocycles. The Balaban J connectivity index is 1.87. The zero-order valence-corrected chi connectivity index (χ0v) is 11.9. The van der Waals surface area contributed by atoms with Crippen LogP contribution in [0.2, 0.25) is 0 Å². The molecule has 2 heterocycles. The van der Waals surface area contributed by atoms with Crippen LogP contribution in [0.25, 0.3) is 0 Å². The SMILES string of the molecule is CCCN1CCC(Nc2ccc(C)nc2C)CC1. The summed E-state index contributed by atoms with van der Waals surface area (Å²) in [7, 11) is 0. The number of piperidine rings is 1. The number of pyridine rings is 1. The van der Waals surface area contributed by atoms with Crippen molar-refractivity contribution in [3.05, 3.63) is 23.5 Å². The van der Waals surface area contributed by atoms with E-state index in [-0.39, 0.29) is 0 Å². The van der Waals surface area contributed by atoms with E-state index in [0.29, 0.717) is 6.04 Å². The Labute approximate surface area is 111 Å². The molecule has 1 N–H and O–H groups in total. The van der Waals surface area contributed by atoms with Gasteiger partial charge in [0.25, 0.3) is 0 Å². The third-order valence-electron chi connectivity index (χ3n) is 3.71. The van der Waals surface area contributed by atoms with Gasteiger partial charge >= 0.3 is 0 Å². The predicted octanol–water partition coefficient (Wildman–Crippen LogP) is 2.98. The van der Waals surface area contributed by atoms with Gasteiger partial charge in [-0.2, -0.15) is 0 Å².